The summed E-state index contributed by atoms with van der Waals surface area (Å²) in [7, 11) is 0. The molecule has 0 fully saturated rings. The number of rotatable bonds is 38. The summed E-state index contributed by atoms with van der Waals surface area (Å²) in [6.45, 7) is 20.4. The van der Waals surface area contributed by atoms with Crippen molar-refractivity contribution in [3.63, 3.8) is 0 Å². The molecule has 8 nitrogen and oxygen atoms in total. The van der Waals surface area contributed by atoms with Gasteiger partial charge < -0.3 is 38.6 Å². The van der Waals surface area contributed by atoms with Crippen LogP contribution in [0.5, 0.6) is 46.0 Å². The zero-order valence-electron chi connectivity index (χ0n) is 39.2. The Balaban J connectivity index is 2.97. The SMILES string of the molecule is CCCCCCOc1cc(O)c(OCCCCCC)c(OCCCCCC)c1C(C)(C)c1c(OCCCCCC)cc(O)c(OCCCCCC)c1OCCCCCC. The van der Waals surface area contributed by atoms with Gasteiger partial charge in [-0.2, -0.15) is 0 Å². The van der Waals surface area contributed by atoms with Crippen LogP contribution in [0.15, 0.2) is 12.1 Å². The summed E-state index contributed by atoms with van der Waals surface area (Å²) in [6, 6.07) is 3.43. The van der Waals surface area contributed by atoms with E-state index in [-0.39, 0.29) is 11.5 Å². The molecule has 2 aromatic rings. The molecular formula is C51H88O8. The number of benzene rings is 2. The van der Waals surface area contributed by atoms with Crippen molar-refractivity contribution in [3.05, 3.63) is 23.3 Å². The lowest BCUT2D eigenvalue weighted by molar-refractivity contribution is 0.230. The number of hydrogen-bond acceptors (Lipinski definition) is 8. The zero-order valence-corrected chi connectivity index (χ0v) is 39.2. The zero-order chi connectivity index (χ0) is 43.1. The van der Waals surface area contributed by atoms with Crippen molar-refractivity contribution in [1.29, 1.82) is 0 Å². The van der Waals surface area contributed by atoms with Gasteiger partial charge in [0.2, 0.25) is 11.5 Å². The molecule has 0 aliphatic carbocycles. The lowest BCUT2D eigenvalue weighted by Crippen LogP contribution is -2.25. The van der Waals surface area contributed by atoms with Gasteiger partial charge in [-0.25, -0.2) is 0 Å². The lowest BCUT2D eigenvalue weighted by atomic mass is 9.75. The maximum Gasteiger partial charge on any atom is 0.203 e. The summed E-state index contributed by atoms with van der Waals surface area (Å²) in [4.78, 5) is 0. The molecule has 0 heterocycles. The molecule has 0 radical (unpaired) electrons. The molecule has 0 spiro atoms. The lowest BCUT2D eigenvalue weighted by Gasteiger charge is -2.34. The second-order valence-electron chi connectivity index (χ2n) is 16.9. The van der Waals surface area contributed by atoms with Crippen LogP contribution in [-0.4, -0.2) is 49.9 Å². The largest absolute Gasteiger partial charge is 0.504 e. The van der Waals surface area contributed by atoms with Crippen LogP contribution < -0.4 is 28.4 Å². The molecule has 2 N–H and O–H groups in total. The molecule has 2 aromatic carbocycles. The molecular weight excluding hydrogens is 741 g/mol. The van der Waals surface area contributed by atoms with Crippen molar-refractivity contribution in [1.82, 2.24) is 0 Å². The first-order valence-electron chi connectivity index (χ1n) is 24.3. The van der Waals surface area contributed by atoms with Gasteiger partial charge in [-0.05, 0) is 38.5 Å². The summed E-state index contributed by atoms with van der Waals surface area (Å²) in [5.41, 5.74) is 0.615. The van der Waals surface area contributed by atoms with Gasteiger partial charge in [0.15, 0.2) is 23.0 Å². The topological polar surface area (TPSA) is 95.8 Å². The third kappa shape index (κ3) is 18.6. The van der Waals surface area contributed by atoms with Gasteiger partial charge in [-0.15, -0.1) is 0 Å². The molecule has 0 saturated heterocycles. The van der Waals surface area contributed by atoms with E-state index < -0.39 is 5.41 Å². The fourth-order valence-electron chi connectivity index (χ4n) is 7.53. The minimum atomic E-state index is -0.906. The van der Waals surface area contributed by atoms with E-state index in [9.17, 15) is 10.2 Å². The highest BCUT2D eigenvalue weighted by Crippen LogP contribution is 2.58. The van der Waals surface area contributed by atoms with Gasteiger partial charge >= 0.3 is 0 Å². The summed E-state index contributed by atoms with van der Waals surface area (Å²) < 4.78 is 40.1. The highest BCUT2D eigenvalue weighted by Gasteiger charge is 2.41. The first kappa shape index (κ1) is 52.0. The number of hydrogen-bond donors (Lipinski definition) is 2. The van der Waals surface area contributed by atoms with Crippen LogP contribution in [0.1, 0.15) is 221 Å². The molecule has 0 aliphatic heterocycles. The summed E-state index contributed by atoms with van der Waals surface area (Å²) in [5, 5.41) is 23.5. The molecule has 0 atom stereocenters. The minimum absolute atomic E-state index is 0.00811. The van der Waals surface area contributed by atoms with Crippen LogP contribution in [0.4, 0.5) is 0 Å². The van der Waals surface area contributed by atoms with Crippen LogP contribution in [0, 0.1) is 0 Å². The number of phenols is 2. The first-order chi connectivity index (χ1) is 28.7. The molecule has 0 aliphatic rings. The smallest absolute Gasteiger partial charge is 0.203 e. The van der Waals surface area contributed by atoms with Crippen molar-refractivity contribution in [2.45, 2.75) is 215 Å². The predicted octanol–water partition coefficient (Wildman–Crippen LogP) is 15.2. The third-order valence-electron chi connectivity index (χ3n) is 11.1. The van der Waals surface area contributed by atoms with Gasteiger partial charge in [0.25, 0.3) is 0 Å². The summed E-state index contributed by atoms with van der Waals surface area (Å²) in [6.07, 6.45) is 25.2. The molecule has 8 heteroatoms. The molecule has 0 bridgehead atoms. The van der Waals surface area contributed by atoms with E-state index in [1.165, 1.54) is 0 Å². The van der Waals surface area contributed by atoms with Crippen molar-refractivity contribution in [2.75, 3.05) is 39.6 Å². The van der Waals surface area contributed by atoms with E-state index in [0.717, 1.165) is 165 Å². The van der Waals surface area contributed by atoms with Crippen LogP contribution in [0.2, 0.25) is 0 Å². The van der Waals surface area contributed by atoms with Crippen LogP contribution in [-0.2, 0) is 5.41 Å². The Morgan fingerprint density at radius 2 is 0.576 bits per heavy atom. The Kier molecular flexibility index (Phi) is 27.9. The maximum atomic E-state index is 11.8. The Bertz CT molecular complexity index is 1270. The second-order valence-corrected chi connectivity index (χ2v) is 16.9. The number of ether oxygens (including phenoxy) is 6. The fourth-order valence-corrected chi connectivity index (χ4v) is 7.53. The van der Waals surface area contributed by atoms with E-state index in [2.05, 4.69) is 55.4 Å². The average Bonchev–Trinajstić information content (AvgIpc) is 3.21. The van der Waals surface area contributed by atoms with Gasteiger partial charge in [0, 0.05) is 17.5 Å². The minimum Gasteiger partial charge on any atom is -0.504 e. The third-order valence-corrected chi connectivity index (χ3v) is 11.1. The van der Waals surface area contributed by atoms with E-state index in [1.54, 1.807) is 12.1 Å². The standard InChI is InChI=1S/C51H88O8/c1-9-15-21-27-33-54-43-39-41(52)47(56-35-29-23-17-11-3)49(58-37-31-25-19-13-5)45(43)51(7,8)46-44(55-34-28-22-16-10-2)40-42(53)48(57-36-30-24-18-12-4)50(46)59-38-32-26-20-14-6/h39-40,52-53H,9-38H2,1-8H3. The molecule has 2 rings (SSSR count). The Hall–Kier alpha value is -3.16. The molecule has 59 heavy (non-hydrogen) atoms. The van der Waals surface area contributed by atoms with Crippen LogP contribution in [0.25, 0.3) is 0 Å². The quantitative estimate of drug-likeness (QED) is 0.0646. The number of phenolic OH excluding ortho intramolecular Hbond substituents is 2. The normalized spacial score (nSPS) is 11.5. The Morgan fingerprint density at radius 1 is 0.339 bits per heavy atom. The van der Waals surface area contributed by atoms with Crippen molar-refractivity contribution in [3.8, 4) is 46.0 Å². The highest BCUT2D eigenvalue weighted by molar-refractivity contribution is 5.71. The Labute approximate surface area is 361 Å². The molecule has 0 saturated carbocycles. The highest BCUT2D eigenvalue weighted by atomic mass is 16.5. The van der Waals surface area contributed by atoms with E-state index >= 15 is 0 Å². The van der Waals surface area contributed by atoms with E-state index in [0.29, 0.717) is 74.1 Å². The van der Waals surface area contributed by atoms with Crippen molar-refractivity contribution < 1.29 is 38.6 Å². The number of aromatic hydroxyl groups is 2. The number of unbranched alkanes of at least 4 members (excludes halogenated alkanes) is 18. The summed E-state index contributed by atoms with van der Waals surface area (Å²) in [5.74, 6) is 2.77. The molecule has 0 unspecified atom stereocenters. The molecule has 0 aromatic heterocycles. The summed E-state index contributed by atoms with van der Waals surface area (Å²) >= 11 is 0. The first-order valence-corrected chi connectivity index (χ1v) is 24.3. The van der Waals surface area contributed by atoms with Crippen molar-refractivity contribution in [2.24, 2.45) is 0 Å². The molecule has 340 valence electrons. The second kappa shape index (κ2) is 31.7. The fraction of sp³-hybridized carbons (Fsp3) is 0.765. The predicted molar refractivity (Wildman–Crippen MR) is 246 cm³/mol. The van der Waals surface area contributed by atoms with Crippen molar-refractivity contribution >= 4 is 0 Å². The maximum absolute atomic E-state index is 11.8. The van der Waals surface area contributed by atoms with Gasteiger partial charge in [-0.1, -0.05) is 171 Å². The van der Waals surface area contributed by atoms with Gasteiger partial charge in [0.1, 0.15) is 11.5 Å². The monoisotopic (exact) mass is 829 g/mol. The average molecular weight is 829 g/mol. The van der Waals surface area contributed by atoms with Crippen LogP contribution >= 0.6 is 0 Å². The van der Waals surface area contributed by atoms with Crippen LogP contribution in [0.3, 0.4) is 0 Å². The molecule has 0 amide bonds. The van der Waals surface area contributed by atoms with E-state index in [1.807, 2.05) is 0 Å². The van der Waals surface area contributed by atoms with E-state index in [4.69, 9.17) is 28.4 Å². The van der Waals surface area contributed by atoms with Gasteiger partial charge in [0.05, 0.1) is 50.8 Å². The Morgan fingerprint density at radius 3 is 0.831 bits per heavy atom. The van der Waals surface area contributed by atoms with Gasteiger partial charge in [-0.3, -0.25) is 0 Å².